The molecule has 0 saturated carbocycles. The molecule has 0 spiro atoms. The summed E-state index contributed by atoms with van der Waals surface area (Å²) in [6.07, 6.45) is 0.860. The number of hydrogen-bond acceptors (Lipinski definition) is 3. The van der Waals surface area contributed by atoms with Crippen LogP contribution < -0.4 is 16.0 Å². The molecular weight excluding hydrogens is 515 g/mol. The largest absolute Gasteiger partial charge is 0.357 e. The average molecular weight is 547 g/mol. The molecule has 0 radical (unpaired) electrons. The number of aryl methyl sites for hydroxylation is 2. The van der Waals surface area contributed by atoms with Crippen molar-refractivity contribution in [3.05, 3.63) is 51.8 Å². The molecule has 0 bridgehead atoms. The van der Waals surface area contributed by atoms with Crippen LogP contribution in [0.25, 0.3) is 0 Å². The molecule has 3 N–H and O–H groups in total. The van der Waals surface area contributed by atoms with Gasteiger partial charge in [-0.05, 0) is 51.8 Å². The monoisotopic (exact) mass is 546 g/mol. The smallest absolute Gasteiger partial charge is 0.252 e. The van der Waals surface area contributed by atoms with Gasteiger partial charge in [-0.15, -0.1) is 24.0 Å². The predicted molar refractivity (Wildman–Crippen MR) is 134 cm³/mol. The van der Waals surface area contributed by atoms with Gasteiger partial charge < -0.3 is 16.0 Å². The lowest BCUT2D eigenvalue weighted by atomic mass is 10.1. The van der Waals surface area contributed by atoms with Crippen molar-refractivity contribution in [2.75, 3.05) is 19.6 Å². The van der Waals surface area contributed by atoms with Crippen LogP contribution in [-0.4, -0.2) is 47.3 Å². The van der Waals surface area contributed by atoms with Gasteiger partial charge in [0.05, 0.1) is 22.8 Å². The standard InChI is InChI=1S/C21H31ClN6O.HI/c1-6-23-21(26-14(2)13-18-15(3)27-28(5)16(18)4)25-12-11-24-20(29)17-9-7-8-10-19(17)22;/h7-10,14H,6,11-13H2,1-5H3,(H,24,29)(H2,23,25,26);1H. The third-order valence-corrected chi connectivity index (χ3v) is 5.01. The van der Waals surface area contributed by atoms with Gasteiger partial charge in [0, 0.05) is 31.9 Å². The summed E-state index contributed by atoms with van der Waals surface area (Å²) in [6.45, 7) is 9.92. The fourth-order valence-corrected chi connectivity index (χ4v) is 3.32. The number of hydrogen-bond donors (Lipinski definition) is 3. The van der Waals surface area contributed by atoms with E-state index in [2.05, 4.69) is 39.9 Å². The van der Waals surface area contributed by atoms with Crippen molar-refractivity contribution in [1.29, 1.82) is 0 Å². The SMILES string of the molecule is CCNC(=NCCNC(=O)c1ccccc1Cl)NC(C)Cc1c(C)nn(C)c1C.I. The quantitative estimate of drug-likeness (QED) is 0.206. The highest BCUT2D eigenvalue weighted by Crippen LogP contribution is 2.15. The van der Waals surface area contributed by atoms with E-state index in [9.17, 15) is 4.79 Å². The number of nitrogens with zero attached hydrogens (tertiary/aromatic N) is 3. The summed E-state index contributed by atoms with van der Waals surface area (Å²) in [6, 6.07) is 7.19. The zero-order valence-corrected chi connectivity index (χ0v) is 21.3. The second-order valence-electron chi connectivity index (χ2n) is 7.02. The lowest BCUT2D eigenvalue weighted by Gasteiger charge is -2.18. The molecule has 166 valence electrons. The molecule has 0 saturated heterocycles. The topological polar surface area (TPSA) is 83.3 Å². The maximum absolute atomic E-state index is 12.2. The molecule has 0 aliphatic carbocycles. The first-order valence-corrected chi connectivity index (χ1v) is 10.3. The number of nitrogens with one attached hydrogen (secondary N) is 3. The summed E-state index contributed by atoms with van der Waals surface area (Å²) in [4.78, 5) is 16.8. The third kappa shape index (κ3) is 7.46. The molecule has 1 unspecified atom stereocenters. The molecule has 2 rings (SSSR count). The molecule has 2 aromatic rings. The molecule has 7 nitrogen and oxygen atoms in total. The van der Waals surface area contributed by atoms with Crippen molar-refractivity contribution in [2.24, 2.45) is 12.0 Å². The highest BCUT2D eigenvalue weighted by molar-refractivity contribution is 14.0. The van der Waals surface area contributed by atoms with Crippen LogP contribution in [0.4, 0.5) is 0 Å². The van der Waals surface area contributed by atoms with Crippen LogP contribution in [0, 0.1) is 13.8 Å². The van der Waals surface area contributed by atoms with E-state index in [1.807, 2.05) is 25.6 Å². The first-order chi connectivity index (χ1) is 13.8. The van der Waals surface area contributed by atoms with Crippen LogP contribution >= 0.6 is 35.6 Å². The molecule has 0 aliphatic rings. The molecule has 0 fully saturated rings. The van der Waals surface area contributed by atoms with Crippen LogP contribution in [-0.2, 0) is 13.5 Å². The number of halogens is 2. The van der Waals surface area contributed by atoms with Gasteiger partial charge in [-0.2, -0.15) is 5.10 Å². The Hall–Kier alpha value is -1.81. The van der Waals surface area contributed by atoms with Crippen LogP contribution in [0.2, 0.25) is 5.02 Å². The van der Waals surface area contributed by atoms with E-state index in [-0.39, 0.29) is 35.9 Å². The molecule has 9 heteroatoms. The molecular formula is C21H32ClIN6O. The molecule has 30 heavy (non-hydrogen) atoms. The number of amides is 1. The van der Waals surface area contributed by atoms with Crippen LogP contribution in [0.3, 0.4) is 0 Å². The first kappa shape index (κ1) is 26.2. The summed E-state index contributed by atoms with van der Waals surface area (Å²) in [7, 11) is 1.96. The first-order valence-electron chi connectivity index (χ1n) is 9.90. The summed E-state index contributed by atoms with van der Waals surface area (Å²) in [5.41, 5.74) is 3.97. The number of aliphatic imine (C=N–C) groups is 1. The summed E-state index contributed by atoms with van der Waals surface area (Å²) in [5, 5.41) is 14.4. The van der Waals surface area contributed by atoms with Crippen LogP contribution in [0.15, 0.2) is 29.3 Å². The number of carbonyl (C=O) groups is 1. The van der Waals surface area contributed by atoms with E-state index in [0.29, 0.717) is 23.7 Å². The molecule has 1 aromatic carbocycles. The van der Waals surface area contributed by atoms with Crippen LogP contribution in [0.5, 0.6) is 0 Å². The molecule has 1 heterocycles. The van der Waals surface area contributed by atoms with E-state index < -0.39 is 0 Å². The minimum absolute atomic E-state index is 0. The van der Waals surface area contributed by atoms with Gasteiger partial charge in [-0.3, -0.25) is 14.5 Å². The van der Waals surface area contributed by atoms with Gasteiger partial charge in [0.15, 0.2) is 5.96 Å². The van der Waals surface area contributed by atoms with Gasteiger partial charge in [0.1, 0.15) is 0 Å². The fraction of sp³-hybridized carbons (Fsp3) is 0.476. The van der Waals surface area contributed by atoms with E-state index >= 15 is 0 Å². The Morgan fingerprint density at radius 3 is 2.57 bits per heavy atom. The van der Waals surface area contributed by atoms with Crippen LogP contribution in [0.1, 0.15) is 41.2 Å². The summed E-state index contributed by atoms with van der Waals surface area (Å²) in [5.74, 6) is 0.533. The predicted octanol–water partition coefficient (Wildman–Crippen LogP) is 3.22. The Morgan fingerprint density at radius 2 is 1.97 bits per heavy atom. The highest BCUT2D eigenvalue weighted by atomic mass is 127. The average Bonchev–Trinajstić information content (AvgIpc) is 2.91. The van der Waals surface area contributed by atoms with Gasteiger partial charge in [-0.1, -0.05) is 23.7 Å². The minimum Gasteiger partial charge on any atom is -0.357 e. The number of guanidine groups is 1. The molecule has 1 aromatic heterocycles. The van der Waals surface area contributed by atoms with Crippen molar-refractivity contribution in [3.63, 3.8) is 0 Å². The lowest BCUT2D eigenvalue weighted by Crippen LogP contribution is -2.43. The van der Waals surface area contributed by atoms with E-state index in [1.165, 1.54) is 11.3 Å². The minimum atomic E-state index is -0.195. The van der Waals surface area contributed by atoms with E-state index in [1.54, 1.807) is 24.3 Å². The van der Waals surface area contributed by atoms with Crippen molar-refractivity contribution in [3.8, 4) is 0 Å². The summed E-state index contributed by atoms with van der Waals surface area (Å²) < 4.78 is 1.92. The van der Waals surface area contributed by atoms with Crippen molar-refractivity contribution in [2.45, 2.75) is 40.2 Å². The molecule has 1 amide bonds. The van der Waals surface area contributed by atoms with Crippen molar-refractivity contribution >= 4 is 47.4 Å². The van der Waals surface area contributed by atoms with E-state index in [0.717, 1.165) is 24.6 Å². The van der Waals surface area contributed by atoms with Crippen molar-refractivity contribution in [1.82, 2.24) is 25.7 Å². The van der Waals surface area contributed by atoms with Gasteiger partial charge in [0.25, 0.3) is 5.91 Å². The number of rotatable bonds is 8. The Morgan fingerprint density at radius 1 is 1.27 bits per heavy atom. The van der Waals surface area contributed by atoms with Gasteiger partial charge >= 0.3 is 0 Å². The lowest BCUT2D eigenvalue weighted by molar-refractivity contribution is 0.0955. The molecule has 0 aliphatic heterocycles. The van der Waals surface area contributed by atoms with Crippen molar-refractivity contribution < 1.29 is 4.79 Å². The van der Waals surface area contributed by atoms with E-state index in [4.69, 9.17) is 11.6 Å². The second-order valence-corrected chi connectivity index (χ2v) is 7.43. The second kappa shape index (κ2) is 12.8. The zero-order chi connectivity index (χ0) is 21.4. The maximum atomic E-state index is 12.2. The Balaban J connectivity index is 0.00000450. The van der Waals surface area contributed by atoms with Gasteiger partial charge in [-0.25, -0.2) is 0 Å². The Labute approximate surface area is 201 Å². The highest BCUT2D eigenvalue weighted by Gasteiger charge is 2.14. The number of aromatic nitrogens is 2. The maximum Gasteiger partial charge on any atom is 0.252 e. The fourth-order valence-electron chi connectivity index (χ4n) is 3.10. The number of carbonyl (C=O) groups excluding carboxylic acids is 1. The third-order valence-electron chi connectivity index (χ3n) is 4.68. The number of benzene rings is 1. The normalized spacial score (nSPS) is 12.1. The summed E-state index contributed by atoms with van der Waals surface area (Å²) >= 11 is 6.06. The Kier molecular flexibility index (Phi) is 11.2. The molecule has 1 atom stereocenters. The zero-order valence-electron chi connectivity index (χ0n) is 18.3. The Bertz CT molecular complexity index is 867. The van der Waals surface area contributed by atoms with Gasteiger partial charge in [0.2, 0.25) is 0 Å².